The Morgan fingerprint density at radius 1 is 1.38 bits per heavy atom. The molecule has 1 aromatic heterocycles. The number of carbonyl (C=O) groups is 1. The molecule has 1 atom stereocenters. The Morgan fingerprint density at radius 2 is 2.08 bits per heavy atom. The van der Waals surface area contributed by atoms with Crippen LogP contribution in [0.5, 0.6) is 0 Å². The van der Waals surface area contributed by atoms with Gasteiger partial charge in [0.05, 0.1) is 17.0 Å². The molecule has 0 spiro atoms. The zero-order valence-electron chi connectivity index (χ0n) is 14.1. The first-order valence-corrected chi connectivity index (χ1v) is 11.9. The number of amides is 1. The van der Waals surface area contributed by atoms with Gasteiger partial charge in [-0.1, -0.05) is 53.2 Å². The average Bonchev–Trinajstić information content (AvgIpc) is 3.01. The molecule has 2 rings (SSSR count). The molecule has 1 amide bonds. The maximum Gasteiger partial charge on any atom is 0.250 e. The Hall–Kier alpha value is -1.07. The summed E-state index contributed by atoms with van der Waals surface area (Å²) < 4.78 is 26.5. The monoisotopic (exact) mass is 454 g/mol. The van der Waals surface area contributed by atoms with Gasteiger partial charge >= 0.3 is 0 Å². The maximum absolute atomic E-state index is 12.7. The molecule has 0 saturated heterocycles. The van der Waals surface area contributed by atoms with Crippen molar-refractivity contribution in [1.82, 2.24) is 10.2 Å². The molecular formula is C14H16Cl2N4O3S3. The van der Waals surface area contributed by atoms with Gasteiger partial charge in [0.15, 0.2) is 4.34 Å². The van der Waals surface area contributed by atoms with Gasteiger partial charge in [0.2, 0.25) is 21.1 Å². The van der Waals surface area contributed by atoms with Gasteiger partial charge in [-0.3, -0.25) is 14.4 Å². The Bertz CT molecular complexity index is 905. The van der Waals surface area contributed by atoms with Crippen molar-refractivity contribution in [2.75, 3.05) is 22.1 Å². The lowest BCUT2D eigenvalue weighted by Gasteiger charge is -2.30. The first-order chi connectivity index (χ1) is 12.2. The number of hydrogen-bond donors (Lipinski definition) is 1. The summed E-state index contributed by atoms with van der Waals surface area (Å²) in [4.78, 5) is 12.7. The zero-order valence-corrected chi connectivity index (χ0v) is 18.0. The zero-order chi connectivity index (χ0) is 19.5. The lowest BCUT2D eigenvalue weighted by molar-refractivity contribution is -0.117. The summed E-state index contributed by atoms with van der Waals surface area (Å²) in [7, 11) is -3.81. The van der Waals surface area contributed by atoms with E-state index in [1.807, 2.05) is 6.26 Å². The van der Waals surface area contributed by atoms with E-state index in [9.17, 15) is 13.2 Å². The highest BCUT2D eigenvalue weighted by Gasteiger charge is 2.33. The fourth-order valence-electron chi connectivity index (χ4n) is 2.22. The predicted molar refractivity (Wildman–Crippen MR) is 108 cm³/mol. The lowest BCUT2D eigenvalue weighted by Crippen LogP contribution is -2.47. The number of aromatic nitrogens is 2. The molecule has 12 heteroatoms. The lowest BCUT2D eigenvalue weighted by atomic mass is 10.2. The number of nitrogens with zero attached hydrogens (tertiary/aromatic N) is 3. The number of sulfonamides is 1. The highest BCUT2D eigenvalue weighted by Crippen LogP contribution is 2.33. The van der Waals surface area contributed by atoms with Gasteiger partial charge in [0.1, 0.15) is 6.04 Å². The molecule has 7 nitrogen and oxygen atoms in total. The van der Waals surface area contributed by atoms with E-state index >= 15 is 0 Å². The van der Waals surface area contributed by atoms with Gasteiger partial charge in [-0.2, -0.15) is 0 Å². The molecule has 2 aromatic rings. The second-order valence-corrected chi connectivity index (χ2v) is 9.88. The minimum atomic E-state index is -3.81. The molecule has 1 N–H and O–H groups in total. The molecule has 0 radical (unpaired) electrons. The van der Waals surface area contributed by atoms with Gasteiger partial charge < -0.3 is 0 Å². The van der Waals surface area contributed by atoms with E-state index in [1.54, 1.807) is 13.0 Å². The summed E-state index contributed by atoms with van der Waals surface area (Å²) in [5.74, 6) is -0.530. The van der Waals surface area contributed by atoms with Gasteiger partial charge in [-0.25, -0.2) is 8.42 Å². The quantitative estimate of drug-likeness (QED) is 0.505. The standard InChI is InChI=1S/C14H16Cl2N4O3S3/c1-4-10(12(21)17-13-18-19-14(24-2)25-13)20(26(3,22)23)11-7-8(15)5-6-9(11)16/h5-7,10H,4H2,1-3H3,(H,17,18,21)/t10-/m1/s1. The third kappa shape index (κ3) is 5.01. The molecule has 1 heterocycles. The van der Waals surface area contributed by atoms with Crippen LogP contribution in [0.15, 0.2) is 22.5 Å². The topological polar surface area (TPSA) is 92.3 Å². The van der Waals surface area contributed by atoms with Crippen LogP contribution in [0, 0.1) is 0 Å². The van der Waals surface area contributed by atoms with Gasteiger partial charge in [0, 0.05) is 5.02 Å². The molecule has 0 aliphatic heterocycles. The number of thioether (sulfide) groups is 1. The Labute approximate surface area is 170 Å². The van der Waals surface area contributed by atoms with E-state index in [0.717, 1.165) is 10.6 Å². The van der Waals surface area contributed by atoms with Gasteiger partial charge in [-0.15, -0.1) is 10.2 Å². The molecule has 0 aliphatic carbocycles. The fourth-order valence-corrected chi connectivity index (χ4v) is 5.03. The van der Waals surface area contributed by atoms with Gasteiger partial charge in [-0.05, 0) is 30.9 Å². The number of anilines is 2. The minimum absolute atomic E-state index is 0.144. The summed E-state index contributed by atoms with van der Waals surface area (Å²) in [6, 6.07) is 3.41. The Kier molecular flexibility index (Phi) is 7.14. The molecule has 142 valence electrons. The Balaban J connectivity index is 2.41. The summed E-state index contributed by atoms with van der Waals surface area (Å²) in [6.07, 6.45) is 3.07. The van der Waals surface area contributed by atoms with Crippen LogP contribution in [0.4, 0.5) is 10.8 Å². The summed E-state index contributed by atoms with van der Waals surface area (Å²) in [6.45, 7) is 1.70. The third-order valence-electron chi connectivity index (χ3n) is 3.29. The predicted octanol–water partition coefficient (Wildman–Crippen LogP) is 3.75. The first-order valence-electron chi connectivity index (χ1n) is 7.30. The second-order valence-electron chi connectivity index (χ2n) is 5.15. The number of nitrogens with one attached hydrogen (secondary N) is 1. The van der Waals surface area contributed by atoms with Gasteiger partial charge in [0.25, 0.3) is 0 Å². The Morgan fingerprint density at radius 3 is 2.62 bits per heavy atom. The number of benzene rings is 1. The van der Waals surface area contributed by atoms with Crippen LogP contribution < -0.4 is 9.62 Å². The molecule has 0 aliphatic rings. The van der Waals surface area contributed by atoms with E-state index in [1.165, 1.54) is 35.2 Å². The number of hydrogen-bond acceptors (Lipinski definition) is 7. The van der Waals surface area contributed by atoms with E-state index in [4.69, 9.17) is 23.2 Å². The molecule has 26 heavy (non-hydrogen) atoms. The first kappa shape index (κ1) is 21.2. The van der Waals surface area contributed by atoms with Crippen LogP contribution in [-0.4, -0.2) is 43.1 Å². The summed E-state index contributed by atoms with van der Waals surface area (Å²) in [5.41, 5.74) is 0.144. The van der Waals surface area contributed by atoms with Crippen molar-refractivity contribution in [3.8, 4) is 0 Å². The molecule has 0 bridgehead atoms. The molecule has 0 saturated carbocycles. The smallest absolute Gasteiger partial charge is 0.250 e. The van der Waals surface area contributed by atoms with Crippen LogP contribution >= 0.6 is 46.3 Å². The largest absolute Gasteiger partial charge is 0.299 e. The highest BCUT2D eigenvalue weighted by molar-refractivity contribution is 8.00. The molecule has 0 fully saturated rings. The maximum atomic E-state index is 12.7. The molecular weight excluding hydrogens is 439 g/mol. The number of halogens is 2. The van der Waals surface area contributed by atoms with Crippen LogP contribution in [0.25, 0.3) is 0 Å². The third-order valence-corrected chi connectivity index (χ3v) is 6.82. The fraction of sp³-hybridized carbons (Fsp3) is 0.357. The van der Waals surface area contributed by atoms with Crippen molar-refractivity contribution in [1.29, 1.82) is 0 Å². The van der Waals surface area contributed by atoms with E-state index in [-0.39, 0.29) is 17.1 Å². The van der Waals surface area contributed by atoms with Crippen LogP contribution in [0.1, 0.15) is 13.3 Å². The second kappa shape index (κ2) is 8.75. The van der Waals surface area contributed by atoms with Crippen LogP contribution in [0.2, 0.25) is 10.0 Å². The minimum Gasteiger partial charge on any atom is -0.299 e. The van der Waals surface area contributed by atoms with Crippen LogP contribution in [0.3, 0.4) is 0 Å². The van der Waals surface area contributed by atoms with Crippen molar-refractivity contribution < 1.29 is 13.2 Å². The highest BCUT2D eigenvalue weighted by atomic mass is 35.5. The normalized spacial score (nSPS) is 12.7. The van der Waals surface area contributed by atoms with Crippen molar-refractivity contribution in [2.45, 2.75) is 23.7 Å². The molecule has 1 aromatic carbocycles. The SMILES string of the molecule is CC[C@H](C(=O)Nc1nnc(SC)s1)N(c1cc(Cl)ccc1Cl)S(C)(=O)=O. The van der Waals surface area contributed by atoms with E-state index in [2.05, 4.69) is 15.5 Å². The number of carbonyl (C=O) groups excluding carboxylic acids is 1. The molecule has 0 unspecified atom stereocenters. The van der Waals surface area contributed by atoms with Crippen molar-refractivity contribution in [3.05, 3.63) is 28.2 Å². The van der Waals surface area contributed by atoms with Crippen LogP contribution in [-0.2, 0) is 14.8 Å². The number of rotatable bonds is 7. The van der Waals surface area contributed by atoms with E-state index in [0.29, 0.717) is 14.5 Å². The van der Waals surface area contributed by atoms with Crippen molar-refractivity contribution in [3.63, 3.8) is 0 Å². The van der Waals surface area contributed by atoms with E-state index < -0.39 is 22.0 Å². The average molecular weight is 455 g/mol. The van der Waals surface area contributed by atoms with Crippen molar-refractivity contribution in [2.24, 2.45) is 0 Å². The summed E-state index contributed by atoms with van der Waals surface area (Å²) in [5, 5.41) is 11.2. The van der Waals surface area contributed by atoms with Crippen molar-refractivity contribution >= 4 is 73.0 Å². The summed E-state index contributed by atoms with van der Waals surface area (Å²) >= 11 is 14.8.